The molecule has 0 aliphatic heterocycles. The van der Waals surface area contributed by atoms with Gasteiger partial charge in [-0.25, -0.2) is 0 Å². The van der Waals surface area contributed by atoms with Crippen LogP contribution in [0.3, 0.4) is 0 Å². The molecule has 106 valence electrons. The minimum absolute atomic E-state index is 0.387. The second-order valence-electron chi connectivity index (χ2n) is 5.44. The third-order valence-corrected chi connectivity index (χ3v) is 3.21. The highest BCUT2D eigenvalue weighted by Crippen LogP contribution is 2.20. The Morgan fingerprint density at radius 1 is 1.37 bits per heavy atom. The van der Waals surface area contributed by atoms with Crippen molar-refractivity contribution < 1.29 is 9.31 Å². The fraction of sp³-hybridized carbons (Fsp3) is 0.571. The van der Waals surface area contributed by atoms with Crippen LogP contribution in [0.1, 0.15) is 32.8 Å². The van der Waals surface area contributed by atoms with E-state index in [1.807, 2.05) is 7.05 Å². The van der Waals surface area contributed by atoms with Gasteiger partial charge in [0, 0.05) is 18.7 Å². The molecule has 4 nitrogen and oxygen atoms in total. The monoisotopic (exact) mass is 268 g/mol. The third-order valence-electron chi connectivity index (χ3n) is 3.21. The molecule has 0 bridgehead atoms. The van der Waals surface area contributed by atoms with E-state index in [9.17, 15) is 14.5 Å². The number of nitro benzene ring substituents is 1. The molecule has 1 rings (SSSR count). The summed E-state index contributed by atoms with van der Waals surface area (Å²) in [4.78, 5) is 12.0. The Hall–Kier alpha value is -1.49. The lowest BCUT2D eigenvalue weighted by Crippen LogP contribution is -2.29. The number of hydrogen-bond donors (Lipinski definition) is 0. The molecule has 0 aromatic heterocycles. The van der Waals surface area contributed by atoms with Gasteiger partial charge in [-0.2, -0.15) is 4.39 Å². The Morgan fingerprint density at radius 2 is 2.00 bits per heavy atom. The molecular formula is C14H21FN2O2. The summed E-state index contributed by atoms with van der Waals surface area (Å²) >= 11 is 0. The predicted molar refractivity (Wildman–Crippen MR) is 73.4 cm³/mol. The normalized spacial score (nSPS) is 13.0. The minimum atomic E-state index is -0.771. The molecule has 1 unspecified atom stereocenters. The highest BCUT2D eigenvalue weighted by Gasteiger charge is 2.16. The molecule has 0 aliphatic rings. The van der Waals surface area contributed by atoms with Crippen LogP contribution in [0.5, 0.6) is 0 Å². The number of nitro groups is 1. The van der Waals surface area contributed by atoms with Crippen molar-refractivity contribution in [2.45, 2.75) is 39.8 Å². The highest BCUT2D eigenvalue weighted by atomic mass is 19.1. The average molecular weight is 268 g/mol. The first kappa shape index (κ1) is 15.6. The number of rotatable bonds is 6. The number of hydrogen-bond acceptors (Lipinski definition) is 3. The molecule has 0 saturated heterocycles. The Balaban J connectivity index is 2.72. The van der Waals surface area contributed by atoms with Gasteiger partial charge in [0.05, 0.1) is 4.92 Å². The van der Waals surface area contributed by atoms with Gasteiger partial charge in [-0.1, -0.05) is 19.9 Å². The molecule has 1 atom stereocenters. The van der Waals surface area contributed by atoms with E-state index >= 15 is 0 Å². The van der Waals surface area contributed by atoms with Crippen molar-refractivity contribution in [3.8, 4) is 0 Å². The Morgan fingerprint density at radius 3 is 2.47 bits per heavy atom. The van der Waals surface area contributed by atoms with Gasteiger partial charge in [0.15, 0.2) is 0 Å². The SMILES string of the molecule is CC(C)CC(C)N(C)Cc1ccc([N+](=O)[O-])c(F)c1. The Bertz CT molecular complexity index is 449. The number of nitrogens with zero attached hydrogens (tertiary/aromatic N) is 2. The van der Waals surface area contributed by atoms with Crippen LogP contribution in [0, 0.1) is 21.8 Å². The maximum Gasteiger partial charge on any atom is 0.304 e. The molecule has 0 N–H and O–H groups in total. The summed E-state index contributed by atoms with van der Waals surface area (Å²) in [6, 6.07) is 4.47. The molecule has 0 fully saturated rings. The first-order valence-corrected chi connectivity index (χ1v) is 6.44. The highest BCUT2D eigenvalue weighted by molar-refractivity contribution is 5.34. The van der Waals surface area contributed by atoms with Crippen molar-refractivity contribution in [1.82, 2.24) is 4.90 Å². The first-order valence-electron chi connectivity index (χ1n) is 6.44. The topological polar surface area (TPSA) is 46.4 Å². The standard InChI is InChI=1S/C14H21FN2O2/c1-10(2)7-11(3)16(4)9-12-5-6-14(17(18)19)13(15)8-12/h5-6,8,10-11H,7,9H2,1-4H3. The summed E-state index contributed by atoms with van der Waals surface area (Å²) in [6.07, 6.45) is 1.06. The molecular weight excluding hydrogens is 247 g/mol. The van der Waals surface area contributed by atoms with E-state index in [-0.39, 0.29) is 0 Å². The summed E-state index contributed by atoms with van der Waals surface area (Å²) in [6.45, 7) is 7.04. The van der Waals surface area contributed by atoms with E-state index < -0.39 is 16.4 Å². The fourth-order valence-corrected chi connectivity index (χ4v) is 2.10. The van der Waals surface area contributed by atoms with Gasteiger partial charge >= 0.3 is 5.69 Å². The van der Waals surface area contributed by atoms with Gasteiger partial charge in [0.1, 0.15) is 0 Å². The fourth-order valence-electron chi connectivity index (χ4n) is 2.10. The quantitative estimate of drug-likeness (QED) is 0.585. The van der Waals surface area contributed by atoms with Crippen LogP contribution in [0.15, 0.2) is 18.2 Å². The lowest BCUT2D eigenvalue weighted by atomic mass is 10.0. The molecule has 0 heterocycles. The molecule has 0 spiro atoms. The maximum absolute atomic E-state index is 13.5. The second-order valence-corrected chi connectivity index (χ2v) is 5.44. The van der Waals surface area contributed by atoms with Crippen LogP contribution in [0.25, 0.3) is 0 Å². The molecule has 0 radical (unpaired) electrons. The average Bonchev–Trinajstić information content (AvgIpc) is 2.27. The summed E-state index contributed by atoms with van der Waals surface area (Å²) in [7, 11) is 1.98. The van der Waals surface area contributed by atoms with E-state index in [2.05, 4.69) is 25.7 Å². The number of benzene rings is 1. The van der Waals surface area contributed by atoms with Gasteiger partial charge in [0.25, 0.3) is 0 Å². The molecule has 1 aromatic rings. The lowest BCUT2D eigenvalue weighted by molar-refractivity contribution is -0.387. The van der Waals surface area contributed by atoms with Crippen LogP contribution in [0.2, 0.25) is 0 Å². The molecule has 0 amide bonds. The zero-order valence-corrected chi connectivity index (χ0v) is 11.9. The van der Waals surface area contributed by atoms with Crippen molar-refractivity contribution in [3.05, 3.63) is 39.7 Å². The summed E-state index contributed by atoms with van der Waals surface area (Å²) in [5.41, 5.74) is 0.280. The van der Waals surface area contributed by atoms with Gasteiger partial charge < -0.3 is 0 Å². The zero-order chi connectivity index (χ0) is 14.6. The van der Waals surface area contributed by atoms with Crippen LogP contribution in [0.4, 0.5) is 10.1 Å². The van der Waals surface area contributed by atoms with Crippen molar-refractivity contribution in [2.24, 2.45) is 5.92 Å². The van der Waals surface area contributed by atoms with E-state index in [0.29, 0.717) is 18.5 Å². The third kappa shape index (κ3) is 4.59. The number of halogens is 1. The molecule has 1 aromatic carbocycles. The lowest BCUT2D eigenvalue weighted by Gasteiger charge is -2.26. The molecule has 0 saturated carbocycles. The second kappa shape index (κ2) is 6.61. The largest absolute Gasteiger partial charge is 0.304 e. The van der Waals surface area contributed by atoms with Gasteiger partial charge in [0.2, 0.25) is 5.82 Å². The maximum atomic E-state index is 13.5. The zero-order valence-electron chi connectivity index (χ0n) is 11.9. The van der Waals surface area contributed by atoms with E-state index in [4.69, 9.17) is 0 Å². The van der Waals surface area contributed by atoms with Crippen LogP contribution >= 0.6 is 0 Å². The van der Waals surface area contributed by atoms with Crippen molar-refractivity contribution in [3.63, 3.8) is 0 Å². The molecule has 5 heteroatoms. The van der Waals surface area contributed by atoms with Crippen LogP contribution in [-0.2, 0) is 6.54 Å². The smallest absolute Gasteiger partial charge is 0.299 e. The van der Waals surface area contributed by atoms with Gasteiger partial charge in [-0.15, -0.1) is 0 Å². The summed E-state index contributed by atoms with van der Waals surface area (Å²) < 4.78 is 13.5. The van der Waals surface area contributed by atoms with Crippen molar-refractivity contribution >= 4 is 5.69 Å². The first-order chi connectivity index (χ1) is 8.81. The van der Waals surface area contributed by atoms with Gasteiger partial charge in [-0.05, 0) is 37.9 Å². The van der Waals surface area contributed by atoms with Crippen molar-refractivity contribution in [1.29, 1.82) is 0 Å². The van der Waals surface area contributed by atoms with Crippen LogP contribution < -0.4 is 0 Å². The van der Waals surface area contributed by atoms with E-state index in [1.165, 1.54) is 12.1 Å². The Labute approximate surface area is 113 Å². The molecule has 19 heavy (non-hydrogen) atoms. The van der Waals surface area contributed by atoms with Crippen molar-refractivity contribution in [2.75, 3.05) is 7.05 Å². The van der Waals surface area contributed by atoms with Crippen LogP contribution in [-0.4, -0.2) is 22.9 Å². The molecule has 0 aliphatic carbocycles. The van der Waals surface area contributed by atoms with Gasteiger partial charge in [-0.3, -0.25) is 15.0 Å². The summed E-state index contributed by atoms with van der Waals surface area (Å²) in [5.74, 6) is -0.168. The Kier molecular flexibility index (Phi) is 5.42. The predicted octanol–water partition coefficient (Wildman–Crippen LogP) is 3.60. The minimum Gasteiger partial charge on any atom is -0.299 e. The van der Waals surface area contributed by atoms with E-state index in [1.54, 1.807) is 6.07 Å². The summed E-state index contributed by atoms with van der Waals surface area (Å²) in [5, 5.41) is 10.5. The van der Waals surface area contributed by atoms with E-state index in [0.717, 1.165) is 12.0 Å².